The van der Waals surface area contributed by atoms with Gasteiger partial charge in [0.25, 0.3) is 0 Å². The van der Waals surface area contributed by atoms with Gasteiger partial charge in [0.05, 0.1) is 16.1 Å². The number of fused-ring (bicyclic) bond motifs is 1. The van der Waals surface area contributed by atoms with Crippen molar-refractivity contribution >= 4 is 29.1 Å². The zero-order valence-electron chi connectivity index (χ0n) is 14.5. The first-order chi connectivity index (χ1) is 11.9. The molecule has 0 aromatic heterocycles. The molecule has 0 saturated heterocycles. The first-order valence-electron chi connectivity index (χ1n) is 9.34. The fraction of sp³-hybridized carbons (Fsp3) is 0.650. The van der Waals surface area contributed by atoms with Crippen LogP contribution in [0, 0.1) is 29.0 Å². The minimum absolute atomic E-state index is 0.0681. The lowest BCUT2D eigenvalue weighted by atomic mass is 9.76. The number of rotatable bonds is 4. The Morgan fingerprint density at radius 2 is 2.00 bits per heavy atom. The Hall–Kier alpha value is -0.800. The Morgan fingerprint density at radius 3 is 2.60 bits per heavy atom. The third-order valence-corrected chi connectivity index (χ3v) is 7.60. The summed E-state index contributed by atoms with van der Waals surface area (Å²) >= 11 is 12.6. The molecule has 0 spiro atoms. The van der Waals surface area contributed by atoms with Crippen LogP contribution >= 0.6 is 23.2 Å². The van der Waals surface area contributed by atoms with E-state index in [2.05, 4.69) is 12.2 Å². The molecule has 3 saturated carbocycles. The van der Waals surface area contributed by atoms with E-state index in [-0.39, 0.29) is 28.1 Å². The lowest BCUT2D eigenvalue weighted by Crippen LogP contribution is -2.42. The molecule has 1 N–H and O–H groups in total. The number of hydrogen-bond acceptors (Lipinski definition) is 1. The molecule has 3 aliphatic carbocycles. The Kier molecular flexibility index (Phi) is 4.52. The number of amides is 1. The molecule has 0 radical (unpaired) electrons. The third kappa shape index (κ3) is 3.08. The summed E-state index contributed by atoms with van der Waals surface area (Å²) in [6.07, 6.45) is 7.38. The molecule has 4 unspecified atom stereocenters. The Balaban J connectivity index is 1.67. The van der Waals surface area contributed by atoms with E-state index in [1.165, 1.54) is 18.6 Å². The third-order valence-electron chi connectivity index (χ3n) is 6.78. The molecule has 136 valence electrons. The number of nitrogens with one attached hydrogen (secondary N) is 1. The van der Waals surface area contributed by atoms with Crippen LogP contribution in [-0.2, 0) is 4.79 Å². The van der Waals surface area contributed by atoms with Crippen LogP contribution in [0.15, 0.2) is 12.1 Å². The highest BCUT2D eigenvalue weighted by atomic mass is 35.5. The summed E-state index contributed by atoms with van der Waals surface area (Å²) in [4.78, 5) is 13.0. The molecular weight excluding hydrogens is 360 g/mol. The van der Waals surface area contributed by atoms with Gasteiger partial charge in [-0.3, -0.25) is 4.79 Å². The smallest absolute Gasteiger partial charge is 0.223 e. The highest BCUT2D eigenvalue weighted by Crippen LogP contribution is 2.56. The molecule has 0 aliphatic heterocycles. The van der Waals surface area contributed by atoms with Gasteiger partial charge in [0.2, 0.25) is 5.91 Å². The number of halogens is 3. The minimum atomic E-state index is -0.425. The van der Waals surface area contributed by atoms with Crippen molar-refractivity contribution in [3.05, 3.63) is 33.6 Å². The fourth-order valence-electron chi connectivity index (χ4n) is 5.15. The van der Waals surface area contributed by atoms with Gasteiger partial charge in [-0.05, 0) is 61.5 Å². The van der Waals surface area contributed by atoms with E-state index in [0.29, 0.717) is 16.5 Å². The Bertz CT molecular complexity index is 701. The van der Waals surface area contributed by atoms with E-state index in [1.807, 2.05) is 0 Å². The predicted molar refractivity (Wildman–Crippen MR) is 98.2 cm³/mol. The second-order valence-corrected chi connectivity index (χ2v) is 9.19. The van der Waals surface area contributed by atoms with E-state index in [4.69, 9.17) is 23.2 Å². The van der Waals surface area contributed by atoms with E-state index >= 15 is 0 Å². The molecule has 25 heavy (non-hydrogen) atoms. The summed E-state index contributed by atoms with van der Waals surface area (Å²) < 4.78 is 14.7. The molecule has 3 fully saturated rings. The van der Waals surface area contributed by atoms with Crippen LogP contribution in [0.2, 0.25) is 10.0 Å². The van der Waals surface area contributed by atoms with E-state index < -0.39 is 6.04 Å². The van der Waals surface area contributed by atoms with Crippen molar-refractivity contribution in [3.63, 3.8) is 0 Å². The predicted octanol–water partition coefficient (Wildman–Crippen LogP) is 5.92. The Labute approximate surface area is 158 Å². The van der Waals surface area contributed by atoms with Crippen LogP contribution in [0.1, 0.15) is 63.5 Å². The average molecular weight is 384 g/mol. The highest BCUT2D eigenvalue weighted by molar-refractivity contribution is 6.42. The molecule has 5 heteroatoms. The lowest BCUT2D eigenvalue weighted by Gasteiger charge is -2.36. The molecule has 1 amide bonds. The highest BCUT2D eigenvalue weighted by Gasteiger charge is 2.52. The summed E-state index contributed by atoms with van der Waals surface area (Å²) in [6, 6.07) is 2.41. The maximum atomic E-state index is 14.7. The van der Waals surface area contributed by atoms with Crippen molar-refractivity contribution < 1.29 is 9.18 Å². The molecular formula is C20H24Cl2FNO. The largest absolute Gasteiger partial charge is 0.348 e. The van der Waals surface area contributed by atoms with Gasteiger partial charge in [0, 0.05) is 11.5 Å². The molecule has 1 aromatic rings. The molecule has 0 bridgehead atoms. The van der Waals surface area contributed by atoms with Gasteiger partial charge in [-0.15, -0.1) is 0 Å². The zero-order valence-corrected chi connectivity index (χ0v) is 16.0. The van der Waals surface area contributed by atoms with Crippen molar-refractivity contribution in [1.29, 1.82) is 0 Å². The lowest BCUT2D eigenvalue weighted by molar-refractivity contribution is -0.127. The molecule has 2 nitrogen and oxygen atoms in total. The van der Waals surface area contributed by atoms with Crippen molar-refractivity contribution in [2.45, 2.75) is 57.9 Å². The fourth-order valence-corrected chi connectivity index (χ4v) is 5.58. The van der Waals surface area contributed by atoms with Gasteiger partial charge < -0.3 is 5.32 Å². The van der Waals surface area contributed by atoms with Crippen LogP contribution in [0.4, 0.5) is 4.39 Å². The van der Waals surface area contributed by atoms with Gasteiger partial charge >= 0.3 is 0 Å². The van der Waals surface area contributed by atoms with E-state index in [0.717, 1.165) is 44.4 Å². The molecule has 4 atom stereocenters. The van der Waals surface area contributed by atoms with Gasteiger partial charge in [-0.1, -0.05) is 43.0 Å². The van der Waals surface area contributed by atoms with Gasteiger partial charge in [-0.2, -0.15) is 0 Å². The quantitative estimate of drug-likeness (QED) is 0.642. The van der Waals surface area contributed by atoms with Gasteiger partial charge in [0.15, 0.2) is 0 Å². The summed E-state index contributed by atoms with van der Waals surface area (Å²) in [7, 11) is 0. The first kappa shape index (κ1) is 17.6. The van der Waals surface area contributed by atoms with Crippen LogP contribution in [0.3, 0.4) is 0 Å². The number of benzene rings is 1. The second kappa shape index (κ2) is 6.42. The number of carbonyl (C=O) groups excluding carboxylic acids is 1. The summed E-state index contributed by atoms with van der Waals surface area (Å²) in [5.74, 6) is 1.04. The second-order valence-electron chi connectivity index (χ2n) is 8.40. The van der Waals surface area contributed by atoms with Crippen molar-refractivity contribution in [2.24, 2.45) is 23.2 Å². The zero-order chi connectivity index (χ0) is 17.8. The Morgan fingerprint density at radius 1 is 1.28 bits per heavy atom. The van der Waals surface area contributed by atoms with Crippen LogP contribution < -0.4 is 5.32 Å². The minimum Gasteiger partial charge on any atom is -0.348 e. The topological polar surface area (TPSA) is 29.1 Å². The molecule has 0 heterocycles. The SMILES string of the molecule is CC1(C(NC(=O)C2CCC3CC32)c2c(F)ccc(Cl)c2Cl)CCCC1. The summed E-state index contributed by atoms with van der Waals surface area (Å²) in [5.41, 5.74) is 0.170. The monoisotopic (exact) mass is 383 g/mol. The molecule has 3 aliphatic rings. The molecule has 4 rings (SSSR count). The standard InChI is InChI=1S/C20H24Cl2FNO/c1-20(8-2-3-9-20)18(16-15(23)7-6-14(21)17(16)22)24-19(25)12-5-4-11-10-13(11)12/h6-7,11-13,18H,2-5,8-10H2,1H3,(H,24,25). The molecule has 1 aromatic carbocycles. The van der Waals surface area contributed by atoms with Crippen LogP contribution in [-0.4, -0.2) is 5.91 Å². The maximum absolute atomic E-state index is 14.7. The summed E-state index contributed by atoms with van der Waals surface area (Å²) in [6.45, 7) is 2.14. The van der Waals surface area contributed by atoms with E-state index in [1.54, 1.807) is 0 Å². The van der Waals surface area contributed by atoms with Crippen molar-refractivity contribution in [1.82, 2.24) is 5.32 Å². The first-order valence-corrected chi connectivity index (χ1v) is 10.1. The average Bonchev–Trinajstić information content (AvgIpc) is 3.01. The summed E-state index contributed by atoms with van der Waals surface area (Å²) in [5, 5.41) is 3.77. The van der Waals surface area contributed by atoms with Crippen LogP contribution in [0.25, 0.3) is 0 Å². The normalized spacial score (nSPS) is 30.8. The van der Waals surface area contributed by atoms with Gasteiger partial charge in [0.1, 0.15) is 5.82 Å². The number of hydrogen-bond donors (Lipinski definition) is 1. The number of carbonyl (C=O) groups is 1. The van der Waals surface area contributed by atoms with Crippen molar-refractivity contribution in [3.8, 4) is 0 Å². The van der Waals surface area contributed by atoms with Crippen LogP contribution in [0.5, 0.6) is 0 Å². The van der Waals surface area contributed by atoms with Gasteiger partial charge in [-0.25, -0.2) is 4.39 Å². The maximum Gasteiger partial charge on any atom is 0.223 e. The van der Waals surface area contributed by atoms with E-state index in [9.17, 15) is 9.18 Å². The van der Waals surface area contributed by atoms with Crippen molar-refractivity contribution in [2.75, 3.05) is 0 Å².